The van der Waals surface area contributed by atoms with Gasteiger partial charge in [-0.2, -0.15) is 0 Å². The van der Waals surface area contributed by atoms with Crippen LogP contribution in [0.15, 0.2) is 53.1 Å². The number of nitrogens with one attached hydrogen (secondary N) is 1. The molecule has 4 heteroatoms. The van der Waals surface area contributed by atoms with Gasteiger partial charge in [-0.05, 0) is 37.1 Å². The van der Waals surface area contributed by atoms with Gasteiger partial charge in [-0.3, -0.25) is 0 Å². The minimum absolute atomic E-state index is 0.133. The lowest BCUT2D eigenvalue weighted by molar-refractivity contribution is 0.147. The molecule has 1 atom stereocenters. The first-order valence-corrected chi connectivity index (χ1v) is 7.95. The zero-order valence-electron chi connectivity index (χ0n) is 13.1. The van der Waals surface area contributed by atoms with Crippen LogP contribution in [0, 0.1) is 0 Å². The number of nitrogens with zero attached hydrogens (tertiary/aromatic N) is 1. The second kappa shape index (κ2) is 7.47. The Balaban J connectivity index is 1.54. The molecule has 0 spiro atoms. The van der Waals surface area contributed by atoms with Crippen molar-refractivity contribution in [2.75, 3.05) is 31.7 Å². The largest absolute Gasteiger partial charge is 0.468 e. The average molecular weight is 300 g/mol. The number of anilines is 1. The molecule has 1 saturated heterocycles. The Morgan fingerprint density at radius 1 is 1.18 bits per heavy atom. The van der Waals surface area contributed by atoms with Crippen LogP contribution in [-0.4, -0.2) is 32.8 Å². The first kappa shape index (κ1) is 15.1. The van der Waals surface area contributed by atoms with Crippen molar-refractivity contribution < 1.29 is 9.15 Å². The van der Waals surface area contributed by atoms with Crippen molar-refractivity contribution in [1.29, 1.82) is 0 Å². The van der Waals surface area contributed by atoms with Gasteiger partial charge in [0, 0.05) is 31.9 Å². The third kappa shape index (κ3) is 3.70. The van der Waals surface area contributed by atoms with E-state index in [-0.39, 0.29) is 6.04 Å². The molecule has 1 aliphatic rings. The van der Waals surface area contributed by atoms with Crippen LogP contribution in [-0.2, 0) is 4.74 Å². The van der Waals surface area contributed by atoms with Gasteiger partial charge < -0.3 is 19.4 Å². The molecule has 0 bridgehead atoms. The van der Waals surface area contributed by atoms with E-state index in [1.54, 1.807) is 13.4 Å². The van der Waals surface area contributed by atoms with Gasteiger partial charge in [0.2, 0.25) is 0 Å². The molecule has 0 unspecified atom stereocenters. The molecule has 1 N–H and O–H groups in total. The molecule has 0 radical (unpaired) electrons. The number of hydrogen-bond acceptors (Lipinski definition) is 4. The highest BCUT2D eigenvalue weighted by Crippen LogP contribution is 2.22. The maximum atomic E-state index is 5.53. The number of methoxy groups -OCH3 is 1. The van der Waals surface area contributed by atoms with Crippen molar-refractivity contribution in [1.82, 2.24) is 5.32 Å². The maximum absolute atomic E-state index is 5.53. The fourth-order valence-electron chi connectivity index (χ4n) is 3.10. The number of furan rings is 1. The van der Waals surface area contributed by atoms with Crippen LogP contribution < -0.4 is 10.2 Å². The van der Waals surface area contributed by atoms with Crippen LogP contribution in [0.4, 0.5) is 5.69 Å². The summed E-state index contributed by atoms with van der Waals surface area (Å²) in [7, 11) is 1.73. The Bertz CT molecular complexity index is 533. The van der Waals surface area contributed by atoms with Crippen LogP contribution in [0.2, 0.25) is 0 Å². The maximum Gasteiger partial charge on any atom is 0.123 e. The monoisotopic (exact) mass is 300 g/mol. The molecule has 1 aromatic carbocycles. The van der Waals surface area contributed by atoms with Crippen LogP contribution >= 0.6 is 0 Å². The minimum atomic E-state index is 0.133. The first-order valence-electron chi connectivity index (χ1n) is 7.95. The molecule has 2 heterocycles. The van der Waals surface area contributed by atoms with Crippen LogP contribution in [0.5, 0.6) is 0 Å². The molecular weight excluding hydrogens is 276 g/mol. The van der Waals surface area contributed by atoms with Gasteiger partial charge in [-0.1, -0.05) is 18.2 Å². The molecule has 22 heavy (non-hydrogen) atoms. The molecular formula is C18H24N2O2. The van der Waals surface area contributed by atoms with E-state index >= 15 is 0 Å². The van der Waals surface area contributed by atoms with E-state index in [4.69, 9.17) is 9.15 Å². The molecule has 1 aromatic heterocycles. The summed E-state index contributed by atoms with van der Waals surface area (Å²) in [6, 6.07) is 15.2. The predicted molar refractivity (Wildman–Crippen MR) is 88.1 cm³/mol. The Labute approximate surface area is 132 Å². The van der Waals surface area contributed by atoms with Crippen LogP contribution in [0.1, 0.15) is 24.6 Å². The van der Waals surface area contributed by atoms with Gasteiger partial charge in [-0.15, -0.1) is 0 Å². The Hall–Kier alpha value is -1.78. The molecule has 3 rings (SSSR count). The smallest absolute Gasteiger partial charge is 0.123 e. The van der Waals surface area contributed by atoms with Crippen molar-refractivity contribution in [3.8, 4) is 0 Å². The summed E-state index contributed by atoms with van der Waals surface area (Å²) in [5, 5.41) is 3.69. The van der Waals surface area contributed by atoms with Gasteiger partial charge in [0.15, 0.2) is 0 Å². The third-order valence-corrected chi connectivity index (χ3v) is 4.27. The van der Waals surface area contributed by atoms with Crippen molar-refractivity contribution in [2.24, 2.45) is 0 Å². The molecule has 118 valence electrons. The lowest BCUT2D eigenvalue weighted by Crippen LogP contribution is -2.44. The van der Waals surface area contributed by atoms with E-state index in [9.17, 15) is 0 Å². The number of ether oxygens (including phenoxy) is 1. The van der Waals surface area contributed by atoms with E-state index < -0.39 is 0 Å². The topological polar surface area (TPSA) is 37.6 Å². The fourth-order valence-corrected chi connectivity index (χ4v) is 3.10. The first-order chi connectivity index (χ1) is 10.9. The van der Waals surface area contributed by atoms with Crippen molar-refractivity contribution in [3.05, 3.63) is 54.5 Å². The van der Waals surface area contributed by atoms with E-state index in [0.717, 1.165) is 31.7 Å². The number of benzene rings is 1. The summed E-state index contributed by atoms with van der Waals surface area (Å²) in [4.78, 5) is 2.45. The molecule has 1 aliphatic heterocycles. The Morgan fingerprint density at radius 3 is 2.59 bits per heavy atom. The molecule has 0 saturated carbocycles. The van der Waals surface area contributed by atoms with E-state index in [0.29, 0.717) is 12.6 Å². The average Bonchev–Trinajstić information content (AvgIpc) is 3.10. The second-order valence-electron chi connectivity index (χ2n) is 5.79. The Morgan fingerprint density at radius 2 is 1.95 bits per heavy atom. The van der Waals surface area contributed by atoms with Crippen molar-refractivity contribution in [2.45, 2.75) is 24.9 Å². The number of hydrogen-bond donors (Lipinski definition) is 1. The number of rotatable bonds is 6. The van der Waals surface area contributed by atoms with E-state index in [1.165, 1.54) is 5.69 Å². The van der Waals surface area contributed by atoms with Gasteiger partial charge in [0.1, 0.15) is 5.76 Å². The summed E-state index contributed by atoms with van der Waals surface area (Å²) in [6.07, 6.45) is 3.99. The molecule has 4 nitrogen and oxygen atoms in total. The summed E-state index contributed by atoms with van der Waals surface area (Å²) < 4.78 is 10.9. The highest BCUT2D eigenvalue weighted by molar-refractivity contribution is 5.46. The Kier molecular flexibility index (Phi) is 5.14. The lowest BCUT2D eigenvalue weighted by atomic mass is 10.0. The SMILES string of the molecule is COC[C@H](NC1CCN(c2ccccc2)CC1)c1ccco1. The number of para-hydroxylation sites is 1. The minimum Gasteiger partial charge on any atom is -0.468 e. The predicted octanol–water partition coefficient (Wildman–Crippen LogP) is 3.23. The zero-order valence-corrected chi connectivity index (χ0v) is 13.1. The summed E-state index contributed by atoms with van der Waals surface area (Å²) in [5.74, 6) is 0.951. The summed E-state index contributed by atoms with van der Waals surface area (Å²) in [6.45, 7) is 2.80. The molecule has 0 amide bonds. The highest BCUT2D eigenvalue weighted by Gasteiger charge is 2.23. The van der Waals surface area contributed by atoms with E-state index in [1.807, 2.05) is 12.1 Å². The quantitative estimate of drug-likeness (QED) is 0.889. The lowest BCUT2D eigenvalue weighted by Gasteiger charge is -2.35. The van der Waals surface area contributed by atoms with Crippen LogP contribution in [0.3, 0.4) is 0 Å². The van der Waals surface area contributed by atoms with Gasteiger partial charge in [-0.25, -0.2) is 0 Å². The molecule has 2 aromatic rings. The standard InChI is InChI=1S/C18H24N2O2/c1-21-14-17(18-8-5-13-22-18)19-15-9-11-20(12-10-15)16-6-3-2-4-7-16/h2-8,13,15,17,19H,9-12,14H2,1H3/t17-/m0/s1. The van der Waals surface area contributed by atoms with Crippen LogP contribution in [0.25, 0.3) is 0 Å². The van der Waals surface area contributed by atoms with Crippen molar-refractivity contribution >= 4 is 5.69 Å². The zero-order chi connectivity index (χ0) is 15.2. The number of piperidine rings is 1. The van der Waals surface area contributed by atoms with Crippen molar-refractivity contribution in [3.63, 3.8) is 0 Å². The second-order valence-corrected chi connectivity index (χ2v) is 5.79. The van der Waals surface area contributed by atoms with Gasteiger partial charge in [0.25, 0.3) is 0 Å². The summed E-state index contributed by atoms with van der Waals surface area (Å²) >= 11 is 0. The molecule has 1 fully saturated rings. The highest BCUT2D eigenvalue weighted by atomic mass is 16.5. The van der Waals surface area contributed by atoms with E-state index in [2.05, 4.69) is 40.5 Å². The summed E-state index contributed by atoms with van der Waals surface area (Å²) in [5.41, 5.74) is 1.32. The van der Waals surface area contributed by atoms with Gasteiger partial charge in [0.05, 0.1) is 18.9 Å². The third-order valence-electron chi connectivity index (χ3n) is 4.27. The normalized spacial score (nSPS) is 17.6. The fraction of sp³-hybridized carbons (Fsp3) is 0.444. The van der Waals surface area contributed by atoms with Gasteiger partial charge >= 0.3 is 0 Å². The molecule has 0 aliphatic carbocycles.